The summed E-state index contributed by atoms with van der Waals surface area (Å²) in [5.41, 5.74) is 0. The number of rotatable bonds is 2. The van der Waals surface area contributed by atoms with E-state index in [9.17, 15) is 0 Å². The Balaban J connectivity index is 0. The quantitative estimate of drug-likeness (QED) is 0.697. The summed E-state index contributed by atoms with van der Waals surface area (Å²) in [6.45, 7) is 7.40. The highest BCUT2D eigenvalue weighted by Crippen LogP contribution is 2.13. The van der Waals surface area contributed by atoms with Crippen LogP contribution in [0.2, 0.25) is 0 Å². The molecule has 1 heterocycles. The van der Waals surface area contributed by atoms with Crippen LogP contribution in [-0.4, -0.2) is 45.0 Å². The first-order valence-corrected chi connectivity index (χ1v) is 5.84. The molecule has 0 radical (unpaired) electrons. The Bertz CT molecular complexity index is 89.0. The van der Waals surface area contributed by atoms with E-state index in [1.54, 1.807) is 13.4 Å². The fourth-order valence-electron chi connectivity index (χ4n) is 1.40. The maximum absolute atomic E-state index is 5.05. The van der Waals surface area contributed by atoms with Crippen molar-refractivity contribution in [1.82, 2.24) is 4.90 Å². The Morgan fingerprint density at radius 1 is 1.38 bits per heavy atom. The highest BCUT2D eigenvalue weighted by Gasteiger charge is 2.18. The molecule has 13 heavy (non-hydrogen) atoms. The van der Waals surface area contributed by atoms with E-state index in [2.05, 4.69) is 24.6 Å². The summed E-state index contributed by atoms with van der Waals surface area (Å²) < 4.78 is 5.05. The number of thiol groups is 1. The molecular weight excluding hydrogens is 182 g/mol. The fraction of sp³-hybridized carbons (Fsp3) is 1.00. The van der Waals surface area contributed by atoms with E-state index in [0.717, 1.165) is 12.5 Å². The van der Waals surface area contributed by atoms with Crippen LogP contribution in [0.25, 0.3) is 0 Å². The van der Waals surface area contributed by atoms with Crippen molar-refractivity contribution in [2.45, 2.75) is 20.3 Å². The van der Waals surface area contributed by atoms with Crippen LogP contribution < -0.4 is 0 Å². The van der Waals surface area contributed by atoms with Gasteiger partial charge in [-0.2, -0.15) is 12.6 Å². The molecule has 1 aliphatic rings. The van der Waals surface area contributed by atoms with Crippen molar-refractivity contribution >= 4 is 12.6 Å². The molecule has 0 aliphatic carbocycles. The predicted octanol–water partition coefficient (Wildman–Crippen LogP) is 2.16. The zero-order valence-electron chi connectivity index (χ0n) is 9.71. The third-order valence-corrected chi connectivity index (χ3v) is 1.89. The average molecular weight is 207 g/mol. The highest BCUT2D eigenvalue weighted by atomic mass is 32.1. The lowest BCUT2D eigenvalue weighted by Gasteiger charge is -2.07. The Kier molecular flexibility index (Phi) is 14.8. The number of likely N-dealkylation sites (tertiary alicyclic amines) is 1. The van der Waals surface area contributed by atoms with Gasteiger partial charge in [0, 0.05) is 13.7 Å². The lowest BCUT2D eigenvalue weighted by atomic mass is 10.1. The second-order valence-corrected chi connectivity index (χ2v) is 2.87. The molecule has 1 fully saturated rings. The fourth-order valence-corrected chi connectivity index (χ4v) is 1.40. The molecule has 0 aromatic heterocycles. The van der Waals surface area contributed by atoms with Crippen LogP contribution in [0.3, 0.4) is 0 Å². The molecule has 1 atom stereocenters. The minimum Gasteiger partial charge on any atom is -0.384 e. The first kappa shape index (κ1) is 15.7. The molecule has 82 valence electrons. The van der Waals surface area contributed by atoms with Gasteiger partial charge in [0.1, 0.15) is 0 Å². The number of methoxy groups -OCH3 is 1. The van der Waals surface area contributed by atoms with Crippen LogP contribution in [0, 0.1) is 5.92 Å². The highest BCUT2D eigenvalue weighted by molar-refractivity contribution is 7.79. The molecule has 0 saturated carbocycles. The monoisotopic (exact) mass is 207 g/mol. The van der Waals surface area contributed by atoms with Crippen molar-refractivity contribution in [2.75, 3.05) is 40.1 Å². The number of hydrogen-bond acceptors (Lipinski definition) is 3. The molecule has 0 spiro atoms. The van der Waals surface area contributed by atoms with Crippen molar-refractivity contribution in [2.24, 2.45) is 5.92 Å². The number of hydrogen-bond donors (Lipinski definition) is 1. The normalized spacial score (nSPS) is 21.2. The molecule has 0 aromatic carbocycles. The molecule has 3 heteroatoms. The van der Waals surface area contributed by atoms with Gasteiger partial charge < -0.3 is 9.64 Å². The molecule has 1 saturated heterocycles. The van der Waals surface area contributed by atoms with Crippen molar-refractivity contribution in [3.63, 3.8) is 0 Å². The summed E-state index contributed by atoms with van der Waals surface area (Å²) >= 11 is 3.53. The second-order valence-electron chi connectivity index (χ2n) is 2.87. The number of nitrogens with zero attached hydrogens (tertiary/aromatic N) is 1. The third kappa shape index (κ3) is 8.60. The lowest BCUT2D eigenvalue weighted by Crippen LogP contribution is -2.16. The van der Waals surface area contributed by atoms with Crippen molar-refractivity contribution in [3.05, 3.63) is 0 Å². The molecule has 2 nitrogen and oxygen atoms in total. The zero-order chi connectivity index (χ0) is 10.7. The third-order valence-electron chi connectivity index (χ3n) is 1.89. The molecular formula is C10H25NOS. The van der Waals surface area contributed by atoms with Gasteiger partial charge in [-0.15, -0.1) is 0 Å². The average Bonchev–Trinajstić information content (AvgIpc) is 2.59. The minimum absolute atomic E-state index is 0.792. The first-order valence-electron chi connectivity index (χ1n) is 4.95. The predicted molar refractivity (Wildman–Crippen MR) is 63.7 cm³/mol. The Hall–Kier alpha value is 0.270. The summed E-state index contributed by atoms with van der Waals surface area (Å²) in [5.74, 6) is 0.792. The van der Waals surface area contributed by atoms with E-state index in [1.807, 2.05) is 13.8 Å². The minimum atomic E-state index is 0.792. The zero-order valence-corrected chi connectivity index (χ0v) is 10.6. The maximum Gasteiger partial charge on any atom is 0.0503 e. The van der Waals surface area contributed by atoms with Crippen LogP contribution in [0.15, 0.2) is 0 Å². The maximum atomic E-state index is 5.05. The number of ether oxygens (including phenoxy) is 1. The summed E-state index contributed by atoms with van der Waals surface area (Å²) in [6.07, 6.45) is 3.00. The van der Waals surface area contributed by atoms with Gasteiger partial charge in [-0.3, -0.25) is 0 Å². The molecule has 0 aromatic rings. The van der Waals surface area contributed by atoms with E-state index in [1.165, 1.54) is 19.5 Å². The SMILES string of the molecule is CC.COCC1CCN(C)C1.CS. The first-order chi connectivity index (χ1) is 6.33. The van der Waals surface area contributed by atoms with E-state index in [4.69, 9.17) is 4.74 Å². The molecule has 1 aliphatic heterocycles. The molecule has 0 N–H and O–H groups in total. The molecule has 1 unspecified atom stereocenters. The second kappa shape index (κ2) is 12.3. The van der Waals surface area contributed by atoms with E-state index in [-0.39, 0.29) is 0 Å². The summed E-state index contributed by atoms with van der Waals surface area (Å²) in [6, 6.07) is 0. The van der Waals surface area contributed by atoms with Gasteiger partial charge in [-0.25, -0.2) is 0 Å². The topological polar surface area (TPSA) is 12.5 Å². The van der Waals surface area contributed by atoms with Gasteiger partial charge >= 0.3 is 0 Å². The van der Waals surface area contributed by atoms with Gasteiger partial charge in [0.15, 0.2) is 0 Å². The largest absolute Gasteiger partial charge is 0.384 e. The van der Waals surface area contributed by atoms with Crippen LogP contribution >= 0.6 is 12.6 Å². The Morgan fingerprint density at radius 3 is 2.23 bits per heavy atom. The van der Waals surface area contributed by atoms with Crippen molar-refractivity contribution in [3.8, 4) is 0 Å². The van der Waals surface area contributed by atoms with Crippen molar-refractivity contribution in [1.29, 1.82) is 0 Å². The van der Waals surface area contributed by atoms with Crippen LogP contribution in [0.4, 0.5) is 0 Å². The van der Waals surface area contributed by atoms with Gasteiger partial charge in [-0.1, -0.05) is 13.8 Å². The standard InChI is InChI=1S/C7H15NO.C2H6.CH4S/c1-8-4-3-7(5-8)6-9-2;2*1-2/h7H,3-6H2,1-2H3;1-2H3;2H,1H3. The van der Waals surface area contributed by atoms with Gasteiger partial charge in [0.25, 0.3) is 0 Å². The van der Waals surface area contributed by atoms with Crippen LogP contribution in [0.5, 0.6) is 0 Å². The Labute approximate surface area is 89.1 Å². The molecule has 1 rings (SSSR count). The van der Waals surface area contributed by atoms with E-state index >= 15 is 0 Å². The van der Waals surface area contributed by atoms with Gasteiger partial charge in [0.05, 0.1) is 6.61 Å². The lowest BCUT2D eigenvalue weighted by molar-refractivity contribution is 0.155. The Morgan fingerprint density at radius 2 is 1.92 bits per heavy atom. The summed E-state index contributed by atoms with van der Waals surface area (Å²) in [5, 5.41) is 0. The molecule has 0 bridgehead atoms. The smallest absolute Gasteiger partial charge is 0.0503 e. The molecule has 0 amide bonds. The van der Waals surface area contributed by atoms with E-state index in [0.29, 0.717) is 0 Å². The van der Waals surface area contributed by atoms with Gasteiger partial charge in [-0.05, 0) is 32.2 Å². The summed E-state index contributed by atoms with van der Waals surface area (Å²) in [4.78, 5) is 2.35. The van der Waals surface area contributed by atoms with E-state index < -0.39 is 0 Å². The van der Waals surface area contributed by atoms with Crippen LogP contribution in [-0.2, 0) is 4.74 Å². The van der Waals surface area contributed by atoms with Gasteiger partial charge in [0.2, 0.25) is 0 Å². The summed E-state index contributed by atoms with van der Waals surface area (Å²) in [7, 11) is 3.94. The van der Waals surface area contributed by atoms with Crippen molar-refractivity contribution < 1.29 is 4.74 Å². The van der Waals surface area contributed by atoms with Crippen LogP contribution in [0.1, 0.15) is 20.3 Å².